The molecule has 3 rings (SSSR count). The van der Waals surface area contributed by atoms with E-state index < -0.39 is 10.0 Å². The summed E-state index contributed by atoms with van der Waals surface area (Å²) < 4.78 is 31.5. The fourth-order valence-corrected chi connectivity index (χ4v) is 4.82. The zero-order valence-corrected chi connectivity index (χ0v) is 20.8. The Kier molecular flexibility index (Phi) is 8.68. The first-order valence-corrected chi connectivity index (χ1v) is 13.3. The largest absolute Gasteiger partial charge is 0.376 e. The molecular formula is C25H33N3O5S. The van der Waals surface area contributed by atoms with Crippen LogP contribution >= 0.6 is 0 Å². The lowest BCUT2D eigenvalue weighted by Crippen LogP contribution is -2.32. The van der Waals surface area contributed by atoms with Crippen molar-refractivity contribution >= 4 is 33.2 Å². The number of hydrogen-bond donors (Lipinski definition) is 2. The second-order valence-corrected chi connectivity index (χ2v) is 10.6. The number of hydrogen-bond acceptors (Lipinski definition) is 5. The molecule has 0 bridgehead atoms. The highest BCUT2D eigenvalue weighted by molar-refractivity contribution is 7.92. The van der Waals surface area contributed by atoms with Crippen LogP contribution in [0.1, 0.15) is 47.2 Å². The third-order valence-electron chi connectivity index (χ3n) is 5.90. The zero-order chi connectivity index (χ0) is 24.7. The van der Waals surface area contributed by atoms with E-state index in [1.54, 1.807) is 30.3 Å². The predicted octanol–water partition coefficient (Wildman–Crippen LogP) is 3.40. The standard InChI is InChI=1S/C25H33N3O5S/c1-18-12-13-20(16-19(18)2)28(34(3,31)32)14-6-11-24(29)27-23-10-5-4-9-22(23)25(30)26-17-21-8-7-15-33-21/h4-5,9-10,12-13,16,21H,6-8,11,14-15,17H2,1-3H3,(H,26,30)(H,27,29)/t21-/m1/s1. The molecule has 2 amide bonds. The SMILES string of the molecule is Cc1ccc(N(CCCC(=O)Nc2ccccc2C(=O)NC[C@H]2CCCO2)S(C)(=O)=O)cc1C. The van der Waals surface area contributed by atoms with Gasteiger partial charge in [-0.2, -0.15) is 0 Å². The normalized spacial score (nSPS) is 15.7. The van der Waals surface area contributed by atoms with Crippen molar-refractivity contribution in [1.82, 2.24) is 5.32 Å². The molecule has 0 spiro atoms. The van der Waals surface area contributed by atoms with E-state index in [1.165, 1.54) is 4.31 Å². The van der Waals surface area contributed by atoms with Crippen molar-refractivity contribution in [3.8, 4) is 0 Å². The van der Waals surface area contributed by atoms with E-state index in [2.05, 4.69) is 10.6 Å². The number of benzene rings is 2. The predicted molar refractivity (Wildman–Crippen MR) is 134 cm³/mol. The van der Waals surface area contributed by atoms with Crippen LogP contribution in [-0.2, 0) is 19.6 Å². The summed E-state index contributed by atoms with van der Waals surface area (Å²) >= 11 is 0. The van der Waals surface area contributed by atoms with Crippen molar-refractivity contribution in [2.45, 2.75) is 45.6 Å². The van der Waals surface area contributed by atoms with E-state index in [4.69, 9.17) is 4.74 Å². The number of nitrogens with zero attached hydrogens (tertiary/aromatic N) is 1. The lowest BCUT2D eigenvalue weighted by Gasteiger charge is -2.23. The molecule has 1 atom stereocenters. The Labute approximate surface area is 201 Å². The Morgan fingerprint density at radius 1 is 1.12 bits per heavy atom. The van der Waals surface area contributed by atoms with Gasteiger partial charge < -0.3 is 15.4 Å². The molecule has 1 heterocycles. The highest BCUT2D eigenvalue weighted by Crippen LogP contribution is 2.22. The number of amides is 2. The number of aryl methyl sites for hydroxylation is 2. The molecule has 1 aliphatic rings. The molecule has 8 nitrogen and oxygen atoms in total. The first-order chi connectivity index (χ1) is 16.1. The Hall–Kier alpha value is -2.91. The molecule has 1 aliphatic heterocycles. The maximum absolute atomic E-state index is 12.6. The molecule has 0 aromatic heterocycles. The van der Waals surface area contributed by atoms with Gasteiger partial charge in [0.1, 0.15) is 0 Å². The van der Waals surface area contributed by atoms with Gasteiger partial charge in [0.05, 0.1) is 29.3 Å². The van der Waals surface area contributed by atoms with Gasteiger partial charge in [0.25, 0.3) is 5.91 Å². The van der Waals surface area contributed by atoms with E-state index in [1.807, 2.05) is 26.0 Å². The maximum Gasteiger partial charge on any atom is 0.253 e. The van der Waals surface area contributed by atoms with E-state index in [9.17, 15) is 18.0 Å². The van der Waals surface area contributed by atoms with Gasteiger partial charge in [0.2, 0.25) is 15.9 Å². The zero-order valence-electron chi connectivity index (χ0n) is 20.0. The molecule has 9 heteroatoms. The summed E-state index contributed by atoms with van der Waals surface area (Å²) in [5.74, 6) is -0.558. The number of carbonyl (C=O) groups excluding carboxylic acids is 2. The van der Waals surface area contributed by atoms with Crippen molar-refractivity contribution in [2.75, 3.05) is 35.6 Å². The summed E-state index contributed by atoms with van der Waals surface area (Å²) in [6, 6.07) is 12.3. The van der Waals surface area contributed by atoms with Crippen LogP contribution in [0, 0.1) is 13.8 Å². The Bertz CT molecular complexity index is 1130. The molecule has 1 fully saturated rings. The van der Waals surface area contributed by atoms with Crippen LogP contribution < -0.4 is 14.9 Å². The average Bonchev–Trinajstić information content (AvgIpc) is 3.30. The third kappa shape index (κ3) is 7.04. The van der Waals surface area contributed by atoms with Gasteiger partial charge in [-0.15, -0.1) is 0 Å². The van der Waals surface area contributed by atoms with Crippen molar-refractivity contribution in [2.24, 2.45) is 0 Å². The first kappa shape index (κ1) is 25.7. The van der Waals surface area contributed by atoms with Crippen LogP contribution in [0.25, 0.3) is 0 Å². The monoisotopic (exact) mass is 487 g/mol. The van der Waals surface area contributed by atoms with Crippen molar-refractivity contribution in [3.63, 3.8) is 0 Å². The highest BCUT2D eigenvalue weighted by atomic mass is 32.2. The number of sulfonamides is 1. The average molecular weight is 488 g/mol. The highest BCUT2D eigenvalue weighted by Gasteiger charge is 2.20. The van der Waals surface area contributed by atoms with Crippen molar-refractivity contribution in [3.05, 3.63) is 59.2 Å². The summed E-state index contributed by atoms with van der Waals surface area (Å²) in [4.78, 5) is 25.2. The van der Waals surface area contributed by atoms with Gasteiger partial charge in [-0.1, -0.05) is 18.2 Å². The van der Waals surface area contributed by atoms with Gasteiger partial charge in [-0.25, -0.2) is 8.42 Å². The van der Waals surface area contributed by atoms with Gasteiger partial charge in [-0.05, 0) is 68.5 Å². The minimum atomic E-state index is -3.50. The van der Waals surface area contributed by atoms with Crippen LogP contribution in [-0.4, -0.2) is 52.3 Å². The summed E-state index contributed by atoms with van der Waals surface area (Å²) in [6.45, 7) is 5.22. The number of anilines is 2. The molecule has 1 saturated heterocycles. The fourth-order valence-electron chi connectivity index (χ4n) is 3.86. The summed E-state index contributed by atoms with van der Waals surface area (Å²) in [6.07, 6.45) is 3.55. The van der Waals surface area contributed by atoms with E-state index >= 15 is 0 Å². The van der Waals surface area contributed by atoms with Gasteiger partial charge in [0.15, 0.2) is 0 Å². The van der Waals surface area contributed by atoms with Gasteiger partial charge >= 0.3 is 0 Å². The van der Waals surface area contributed by atoms with Crippen LogP contribution in [0.4, 0.5) is 11.4 Å². The van der Waals surface area contributed by atoms with Gasteiger partial charge in [0, 0.05) is 26.1 Å². The molecule has 34 heavy (non-hydrogen) atoms. The Balaban J connectivity index is 1.58. The van der Waals surface area contributed by atoms with E-state index in [0.29, 0.717) is 36.5 Å². The third-order valence-corrected chi connectivity index (χ3v) is 7.10. The number of ether oxygens (including phenoxy) is 1. The van der Waals surface area contributed by atoms with Gasteiger partial charge in [-0.3, -0.25) is 13.9 Å². The summed E-state index contributed by atoms with van der Waals surface area (Å²) in [5.41, 5.74) is 3.46. The number of rotatable bonds is 10. The molecule has 2 N–H and O–H groups in total. The topological polar surface area (TPSA) is 105 Å². The molecule has 184 valence electrons. The molecule has 2 aromatic carbocycles. The second-order valence-electron chi connectivity index (χ2n) is 8.65. The quantitative estimate of drug-likeness (QED) is 0.535. The number of para-hydroxylation sites is 1. The van der Waals surface area contributed by atoms with Crippen molar-refractivity contribution < 1.29 is 22.7 Å². The van der Waals surface area contributed by atoms with Crippen molar-refractivity contribution in [1.29, 1.82) is 0 Å². The second kappa shape index (κ2) is 11.5. The summed E-state index contributed by atoms with van der Waals surface area (Å²) in [7, 11) is -3.50. The fraction of sp³-hybridized carbons (Fsp3) is 0.440. The maximum atomic E-state index is 12.6. The van der Waals surface area contributed by atoms with Crippen LogP contribution in [0.3, 0.4) is 0 Å². The van der Waals surface area contributed by atoms with E-state index in [-0.39, 0.29) is 30.9 Å². The molecular weight excluding hydrogens is 454 g/mol. The smallest absolute Gasteiger partial charge is 0.253 e. The number of nitrogens with one attached hydrogen (secondary N) is 2. The van der Waals surface area contributed by atoms with Crippen LogP contribution in [0.5, 0.6) is 0 Å². The molecule has 2 aromatic rings. The van der Waals surface area contributed by atoms with E-state index in [0.717, 1.165) is 30.2 Å². The first-order valence-electron chi connectivity index (χ1n) is 11.5. The minimum absolute atomic E-state index is 0.0285. The molecule has 0 aliphatic carbocycles. The minimum Gasteiger partial charge on any atom is -0.376 e. The van der Waals surface area contributed by atoms with Crippen LogP contribution in [0.15, 0.2) is 42.5 Å². The Morgan fingerprint density at radius 3 is 2.56 bits per heavy atom. The Morgan fingerprint density at radius 2 is 1.88 bits per heavy atom. The lowest BCUT2D eigenvalue weighted by molar-refractivity contribution is -0.116. The molecule has 0 saturated carbocycles. The molecule has 0 radical (unpaired) electrons. The molecule has 0 unspecified atom stereocenters. The van der Waals surface area contributed by atoms with Crippen LogP contribution in [0.2, 0.25) is 0 Å². The summed E-state index contributed by atoms with van der Waals surface area (Å²) in [5, 5.41) is 5.66. The lowest BCUT2D eigenvalue weighted by atomic mass is 10.1. The number of carbonyl (C=O) groups is 2.